The van der Waals surface area contributed by atoms with E-state index in [0.717, 1.165) is 4.57 Å². The second kappa shape index (κ2) is 8.19. The topological polar surface area (TPSA) is 98.4 Å². The van der Waals surface area contributed by atoms with Gasteiger partial charge in [-0.25, -0.2) is 9.78 Å². The fourth-order valence-electron chi connectivity index (χ4n) is 3.08. The van der Waals surface area contributed by atoms with E-state index in [1.54, 1.807) is 12.1 Å². The van der Waals surface area contributed by atoms with Crippen LogP contribution in [0.15, 0.2) is 39.9 Å². The second-order valence-electron chi connectivity index (χ2n) is 6.60. The van der Waals surface area contributed by atoms with Gasteiger partial charge in [-0.05, 0) is 29.3 Å². The van der Waals surface area contributed by atoms with Crippen molar-refractivity contribution >= 4 is 16.9 Å². The molecule has 0 saturated heterocycles. The van der Waals surface area contributed by atoms with E-state index in [4.69, 9.17) is 5.11 Å². The number of alkyl halides is 3. The van der Waals surface area contributed by atoms with E-state index in [2.05, 4.69) is 15.0 Å². The lowest BCUT2D eigenvalue weighted by atomic mass is 10.0. The maximum atomic E-state index is 12.5. The standard InChI is InChI=1S/C19H19F3N4O4/c1-25-16-14(17(28)26(2)18(25)29)10-12(15(24-16)23-6-7-27)8-11-4-3-5-13(9-11)30-19(20,21)22/h3-5,9-10,27H,6-8H2,1-2H3,(H,23,24). The number of nitrogens with one attached hydrogen (secondary N) is 1. The van der Waals surface area contributed by atoms with Gasteiger partial charge in [-0.1, -0.05) is 12.1 Å². The van der Waals surface area contributed by atoms with Gasteiger partial charge in [-0.2, -0.15) is 0 Å². The first-order valence-electron chi connectivity index (χ1n) is 8.90. The number of anilines is 1. The van der Waals surface area contributed by atoms with Crippen molar-refractivity contribution in [3.8, 4) is 5.75 Å². The van der Waals surface area contributed by atoms with Crippen molar-refractivity contribution in [2.45, 2.75) is 12.8 Å². The number of halogens is 3. The highest BCUT2D eigenvalue weighted by Gasteiger charge is 2.31. The molecular weight excluding hydrogens is 405 g/mol. The van der Waals surface area contributed by atoms with Crippen LogP contribution in [0, 0.1) is 0 Å². The summed E-state index contributed by atoms with van der Waals surface area (Å²) >= 11 is 0. The molecule has 160 valence electrons. The average Bonchev–Trinajstić information content (AvgIpc) is 2.68. The van der Waals surface area contributed by atoms with E-state index in [1.807, 2.05) is 0 Å². The summed E-state index contributed by atoms with van der Waals surface area (Å²) in [6.07, 6.45) is -4.67. The van der Waals surface area contributed by atoms with E-state index in [0.29, 0.717) is 16.9 Å². The second-order valence-corrected chi connectivity index (χ2v) is 6.60. The van der Waals surface area contributed by atoms with Crippen molar-refractivity contribution in [1.29, 1.82) is 0 Å². The Morgan fingerprint density at radius 2 is 1.90 bits per heavy atom. The van der Waals surface area contributed by atoms with E-state index in [-0.39, 0.29) is 36.4 Å². The van der Waals surface area contributed by atoms with Gasteiger partial charge in [-0.15, -0.1) is 13.2 Å². The number of fused-ring (bicyclic) bond motifs is 1. The van der Waals surface area contributed by atoms with Gasteiger partial charge in [0.05, 0.1) is 12.0 Å². The molecule has 0 bridgehead atoms. The minimum atomic E-state index is -4.81. The summed E-state index contributed by atoms with van der Waals surface area (Å²) in [7, 11) is 2.82. The fraction of sp³-hybridized carbons (Fsp3) is 0.316. The summed E-state index contributed by atoms with van der Waals surface area (Å²) in [4.78, 5) is 29.1. The van der Waals surface area contributed by atoms with Crippen LogP contribution in [0.2, 0.25) is 0 Å². The van der Waals surface area contributed by atoms with Crippen LogP contribution in [-0.4, -0.2) is 38.7 Å². The van der Waals surface area contributed by atoms with Crippen molar-refractivity contribution in [2.75, 3.05) is 18.5 Å². The van der Waals surface area contributed by atoms with E-state index >= 15 is 0 Å². The van der Waals surface area contributed by atoms with Crippen LogP contribution in [0.1, 0.15) is 11.1 Å². The lowest BCUT2D eigenvalue weighted by molar-refractivity contribution is -0.274. The number of ether oxygens (including phenoxy) is 1. The van der Waals surface area contributed by atoms with Gasteiger partial charge in [0.15, 0.2) is 5.65 Å². The summed E-state index contributed by atoms with van der Waals surface area (Å²) < 4.78 is 43.6. The van der Waals surface area contributed by atoms with Gasteiger partial charge in [0, 0.05) is 27.1 Å². The average molecular weight is 424 g/mol. The lowest BCUT2D eigenvalue weighted by Gasteiger charge is -2.15. The molecule has 8 nitrogen and oxygen atoms in total. The Morgan fingerprint density at radius 3 is 2.57 bits per heavy atom. The van der Waals surface area contributed by atoms with Crippen LogP contribution >= 0.6 is 0 Å². The molecule has 2 N–H and O–H groups in total. The molecule has 0 spiro atoms. The molecule has 0 unspecified atom stereocenters. The molecule has 3 rings (SSSR count). The maximum absolute atomic E-state index is 12.5. The predicted octanol–water partition coefficient (Wildman–Crippen LogP) is 1.53. The van der Waals surface area contributed by atoms with Gasteiger partial charge in [-0.3, -0.25) is 13.9 Å². The fourth-order valence-corrected chi connectivity index (χ4v) is 3.08. The Hall–Kier alpha value is -3.34. The third kappa shape index (κ3) is 4.46. The zero-order chi connectivity index (χ0) is 22.1. The Balaban J connectivity index is 2.11. The van der Waals surface area contributed by atoms with E-state index in [1.165, 1.54) is 36.9 Å². The number of aliphatic hydroxyl groups is 1. The smallest absolute Gasteiger partial charge is 0.406 e. The molecule has 0 aliphatic rings. The normalized spacial score (nSPS) is 11.7. The number of rotatable bonds is 6. The van der Waals surface area contributed by atoms with Crippen LogP contribution in [0.25, 0.3) is 11.0 Å². The minimum absolute atomic E-state index is 0.137. The first-order valence-corrected chi connectivity index (χ1v) is 8.90. The monoisotopic (exact) mass is 424 g/mol. The van der Waals surface area contributed by atoms with Gasteiger partial charge < -0.3 is 15.2 Å². The summed E-state index contributed by atoms with van der Waals surface area (Å²) in [6.45, 7) is -0.0366. The Morgan fingerprint density at radius 1 is 1.17 bits per heavy atom. The van der Waals surface area contributed by atoms with Crippen LogP contribution < -0.4 is 21.3 Å². The molecule has 0 atom stereocenters. The number of pyridine rings is 1. The number of nitrogens with zero attached hydrogens (tertiary/aromatic N) is 3. The van der Waals surface area contributed by atoms with Crippen molar-refractivity contribution in [3.05, 3.63) is 62.3 Å². The molecule has 0 saturated carbocycles. The molecule has 2 aromatic heterocycles. The highest BCUT2D eigenvalue weighted by atomic mass is 19.4. The van der Waals surface area contributed by atoms with Gasteiger partial charge in [0.1, 0.15) is 11.6 Å². The van der Waals surface area contributed by atoms with Crippen LogP contribution in [0.4, 0.5) is 19.0 Å². The van der Waals surface area contributed by atoms with Crippen LogP contribution in [0.5, 0.6) is 5.75 Å². The predicted molar refractivity (Wildman–Crippen MR) is 104 cm³/mol. The number of hydrogen-bond acceptors (Lipinski definition) is 6. The number of benzene rings is 1. The first-order chi connectivity index (χ1) is 14.1. The zero-order valence-electron chi connectivity index (χ0n) is 16.2. The molecule has 0 amide bonds. The highest BCUT2D eigenvalue weighted by molar-refractivity contribution is 5.78. The summed E-state index contributed by atoms with van der Waals surface area (Å²) in [5.74, 6) is -0.0566. The van der Waals surface area contributed by atoms with Gasteiger partial charge in [0.2, 0.25) is 0 Å². The number of aryl methyl sites for hydroxylation is 1. The zero-order valence-corrected chi connectivity index (χ0v) is 16.2. The molecular formula is C19H19F3N4O4. The SMILES string of the molecule is Cn1c(=O)c2cc(Cc3cccc(OC(F)(F)F)c3)c(NCCO)nc2n(C)c1=O. The molecule has 0 fully saturated rings. The Labute approximate surface area is 168 Å². The lowest BCUT2D eigenvalue weighted by Crippen LogP contribution is -2.37. The molecule has 0 aliphatic carbocycles. The molecule has 3 aromatic rings. The van der Waals surface area contributed by atoms with Crippen molar-refractivity contribution in [1.82, 2.24) is 14.1 Å². The summed E-state index contributed by atoms with van der Waals surface area (Å²) in [6, 6.07) is 7.01. The molecule has 1 aromatic carbocycles. The molecule has 30 heavy (non-hydrogen) atoms. The maximum Gasteiger partial charge on any atom is 0.573 e. The third-order valence-corrected chi connectivity index (χ3v) is 4.44. The largest absolute Gasteiger partial charge is 0.573 e. The van der Waals surface area contributed by atoms with Gasteiger partial charge in [0.25, 0.3) is 5.56 Å². The summed E-state index contributed by atoms with van der Waals surface area (Å²) in [5.41, 5.74) is 0.0754. The highest BCUT2D eigenvalue weighted by Crippen LogP contribution is 2.26. The first kappa shape index (κ1) is 21.4. The van der Waals surface area contributed by atoms with E-state index < -0.39 is 17.6 Å². The number of aromatic nitrogens is 3. The van der Waals surface area contributed by atoms with Crippen molar-refractivity contribution < 1.29 is 23.0 Å². The Bertz CT molecular complexity index is 1200. The van der Waals surface area contributed by atoms with Crippen molar-refractivity contribution in [3.63, 3.8) is 0 Å². The molecule has 0 radical (unpaired) electrons. The minimum Gasteiger partial charge on any atom is -0.406 e. The van der Waals surface area contributed by atoms with Crippen LogP contribution in [0.3, 0.4) is 0 Å². The quantitative estimate of drug-likeness (QED) is 0.623. The van der Waals surface area contributed by atoms with Crippen LogP contribution in [-0.2, 0) is 20.5 Å². The summed E-state index contributed by atoms with van der Waals surface area (Å²) in [5, 5.41) is 12.2. The number of aliphatic hydroxyl groups excluding tert-OH is 1. The van der Waals surface area contributed by atoms with Gasteiger partial charge >= 0.3 is 12.1 Å². The molecule has 0 aliphatic heterocycles. The van der Waals surface area contributed by atoms with E-state index in [9.17, 15) is 22.8 Å². The molecule has 2 heterocycles. The third-order valence-electron chi connectivity index (χ3n) is 4.44. The van der Waals surface area contributed by atoms with Crippen molar-refractivity contribution in [2.24, 2.45) is 14.1 Å². The number of hydrogen-bond donors (Lipinski definition) is 2. The molecule has 11 heteroatoms. The Kier molecular flexibility index (Phi) is 5.83.